The SMILES string of the molecule is CCCCCCCCCC(C)[N+](CC(C)C)(c1ccccc1)c1ccc(NCC(C)C)cc1. The number of nitrogens with zero attached hydrogens (tertiary/aromatic N) is 1. The molecule has 0 saturated carbocycles. The molecule has 0 bridgehead atoms. The van der Waals surface area contributed by atoms with Gasteiger partial charge in [0.05, 0.1) is 12.6 Å². The van der Waals surface area contributed by atoms with Gasteiger partial charge in [-0.3, -0.25) is 4.48 Å². The summed E-state index contributed by atoms with van der Waals surface area (Å²) in [6, 6.07) is 21.1. The maximum absolute atomic E-state index is 3.59. The van der Waals surface area contributed by atoms with E-state index in [0.29, 0.717) is 17.9 Å². The van der Waals surface area contributed by atoms with E-state index < -0.39 is 0 Å². The van der Waals surface area contributed by atoms with Gasteiger partial charge in [-0.25, -0.2) is 0 Å². The van der Waals surface area contributed by atoms with Crippen LogP contribution in [0, 0.1) is 11.8 Å². The van der Waals surface area contributed by atoms with E-state index in [1.165, 1.54) is 68.4 Å². The molecular weight excluding hydrogens is 400 g/mol. The maximum atomic E-state index is 3.59. The third-order valence-electron chi connectivity index (χ3n) is 6.89. The molecule has 184 valence electrons. The minimum atomic E-state index is 0.542. The van der Waals surface area contributed by atoms with Crippen LogP contribution in [-0.2, 0) is 0 Å². The zero-order valence-corrected chi connectivity index (χ0v) is 22.4. The monoisotopic (exact) mass is 451 g/mol. The van der Waals surface area contributed by atoms with E-state index in [1.807, 2.05) is 0 Å². The van der Waals surface area contributed by atoms with E-state index in [4.69, 9.17) is 0 Å². The molecule has 0 aliphatic heterocycles. The van der Waals surface area contributed by atoms with E-state index in [9.17, 15) is 0 Å². The molecule has 0 heterocycles. The fourth-order valence-corrected chi connectivity index (χ4v) is 5.10. The molecule has 2 atom stereocenters. The molecule has 0 fully saturated rings. The largest absolute Gasteiger partial charge is 0.385 e. The molecule has 0 saturated heterocycles. The second kappa shape index (κ2) is 14.5. The quantitative estimate of drug-likeness (QED) is 0.198. The highest BCUT2D eigenvalue weighted by Gasteiger charge is 2.39. The van der Waals surface area contributed by atoms with Crippen molar-refractivity contribution in [2.45, 2.75) is 99.0 Å². The molecule has 2 unspecified atom stereocenters. The van der Waals surface area contributed by atoms with Gasteiger partial charge in [-0.15, -0.1) is 0 Å². The van der Waals surface area contributed by atoms with Crippen LogP contribution in [-0.4, -0.2) is 19.1 Å². The number of nitrogens with one attached hydrogen (secondary N) is 1. The lowest BCUT2D eigenvalue weighted by Gasteiger charge is -2.44. The summed E-state index contributed by atoms with van der Waals surface area (Å²) in [6.45, 7) is 16.2. The molecule has 2 aromatic rings. The van der Waals surface area contributed by atoms with Crippen molar-refractivity contribution in [3.8, 4) is 0 Å². The van der Waals surface area contributed by atoms with Crippen LogP contribution >= 0.6 is 0 Å². The van der Waals surface area contributed by atoms with E-state index in [0.717, 1.165) is 17.6 Å². The number of quaternary nitrogens is 1. The lowest BCUT2D eigenvalue weighted by atomic mass is 9.98. The fourth-order valence-electron chi connectivity index (χ4n) is 5.10. The second-order valence-corrected chi connectivity index (χ2v) is 10.9. The van der Waals surface area contributed by atoms with E-state index in [-0.39, 0.29) is 0 Å². The van der Waals surface area contributed by atoms with Crippen LogP contribution in [0.3, 0.4) is 0 Å². The first kappa shape index (κ1) is 27.4. The van der Waals surface area contributed by atoms with Crippen molar-refractivity contribution in [3.05, 3.63) is 54.6 Å². The van der Waals surface area contributed by atoms with Gasteiger partial charge in [-0.1, -0.05) is 91.3 Å². The van der Waals surface area contributed by atoms with Crippen LogP contribution in [0.15, 0.2) is 54.6 Å². The molecule has 2 rings (SSSR count). The molecule has 0 aliphatic rings. The van der Waals surface area contributed by atoms with Gasteiger partial charge < -0.3 is 5.32 Å². The van der Waals surface area contributed by atoms with Crippen molar-refractivity contribution in [3.63, 3.8) is 0 Å². The number of para-hydroxylation sites is 1. The predicted molar refractivity (Wildman–Crippen MR) is 149 cm³/mol. The topological polar surface area (TPSA) is 12.0 Å². The Bertz CT molecular complexity index is 750. The maximum Gasteiger partial charge on any atom is 0.138 e. The minimum Gasteiger partial charge on any atom is -0.385 e. The highest BCUT2D eigenvalue weighted by atomic mass is 15.4. The minimum absolute atomic E-state index is 0.542. The zero-order chi connectivity index (χ0) is 24.1. The lowest BCUT2D eigenvalue weighted by Crippen LogP contribution is -2.53. The standard InChI is InChI=1S/C31H51N2/c1-7-8-9-10-11-12-14-17-28(6)33(25-27(4)5,30-18-15-13-16-19-30)31-22-20-29(21-23-31)32-24-26(2)3/h13,15-16,18-23,26-28,32H,7-12,14,17,24-25H2,1-6H3/q+1. The van der Waals surface area contributed by atoms with E-state index in [2.05, 4.69) is 101 Å². The number of hydrogen-bond acceptors (Lipinski definition) is 1. The van der Waals surface area contributed by atoms with Crippen molar-refractivity contribution in [1.82, 2.24) is 4.48 Å². The molecule has 2 nitrogen and oxygen atoms in total. The van der Waals surface area contributed by atoms with E-state index in [1.54, 1.807) is 0 Å². The molecule has 1 N–H and O–H groups in total. The Kier molecular flexibility index (Phi) is 12.0. The number of benzene rings is 2. The summed E-state index contributed by atoms with van der Waals surface area (Å²) >= 11 is 0. The highest BCUT2D eigenvalue weighted by Crippen LogP contribution is 2.40. The lowest BCUT2D eigenvalue weighted by molar-refractivity contribution is 0.255. The van der Waals surface area contributed by atoms with Gasteiger partial charge in [-0.2, -0.15) is 0 Å². The number of unbranched alkanes of at least 4 members (excludes halogenated alkanes) is 6. The van der Waals surface area contributed by atoms with Crippen LogP contribution in [0.25, 0.3) is 0 Å². The third-order valence-corrected chi connectivity index (χ3v) is 6.89. The third kappa shape index (κ3) is 8.49. The molecule has 33 heavy (non-hydrogen) atoms. The van der Waals surface area contributed by atoms with Crippen molar-refractivity contribution in [1.29, 1.82) is 0 Å². The van der Waals surface area contributed by atoms with Crippen LogP contribution in [0.5, 0.6) is 0 Å². The normalized spacial score (nSPS) is 14.4. The van der Waals surface area contributed by atoms with Crippen molar-refractivity contribution < 1.29 is 0 Å². The molecule has 2 aromatic carbocycles. The average Bonchev–Trinajstić information content (AvgIpc) is 2.81. The summed E-state index contributed by atoms with van der Waals surface area (Å²) in [5.74, 6) is 1.26. The van der Waals surface area contributed by atoms with Gasteiger partial charge in [0.1, 0.15) is 11.4 Å². The van der Waals surface area contributed by atoms with Crippen LogP contribution < -0.4 is 9.80 Å². The van der Waals surface area contributed by atoms with Gasteiger partial charge in [0.2, 0.25) is 0 Å². The molecule has 2 heteroatoms. The van der Waals surface area contributed by atoms with Gasteiger partial charge in [0, 0.05) is 30.3 Å². The summed E-state index contributed by atoms with van der Waals surface area (Å²) in [4.78, 5) is 0. The molecule has 0 aromatic heterocycles. The van der Waals surface area contributed by atoms with Crippen LogP contribution in [0.2, 0.25) is 0 Å². The Labute approximate surface area is 205 Å². The zero-order valence-electron chi connectivity index (χ0n) is 22.4. The molecule has 0 radical (unpaired) electrons. The van der Waals surface area contributed by atoms with Gasteiger partial charge in [0.15, 0.2) is 0 Å². The highest BCUT2D eigenvalue weighted by molar-refractivity contribution is 5.62. The Morgan fingerprint density at radius 2 is 1.24 bits per heavy atom. The Morgan fingerprint density at radius 3 is 1.82 bits per heavy atom. The average molecular weight is 452 g/mol. The molecular formula is C31H51N2+. The Morgan fingerprint density at radius 1 is 0.667 bits per heavy atom. The first-order valence-corrected chi connectivity index (χ1v) is 13.7. The second-order valence-electron chi connectivity index (χ2n) is 10.9. The number of anilines is 1. The van der Waals surface area contributed by atoms with Gasteiger partial charge in [-0.05, 0) is 49.9 Å². The number of hydrogen-bond donors (Lipinski definition) is 1. The molecule has 0 amide bonds. The van der Waals surface area contributed by atoms with Crippen molar-refractivity contribution >= 4 is 17.1 Å². The fraction of sp³-hybridized carbons (Fsp3) is 0.613. The first-order chi connectivity index (χ1) is 15.9. The first-order valence-electron chi connectivity index (χ1n) is 13.7. The Balaban J connectivity index is 2.27. The van der Waals surface area contributed by atoms with E-state index >= 15 is 0 Å². The van der Waals surface area contributed by atoms with Gasteiger partial charge >= 0.3 is 0 Å². The van der Waals surface area contributed by atoms with Crippen molar-refractivity contribution in [2.75, 3.05) is 18.4 Å². The summed E-state index contributed by atoms with van der Waals surface area (Å²) < 4.78 is 0.943. The van der Waals surface area contributed by atoms with Gasteiger partial charge in [0.25, 0.3) is 0 Å². The summed E-state index contributed by atoms with van der Waals surface area (Å²) in [6.07, 6.45) is 10.9. The van der Waals surface area contributed by atoms with Crippen LogP contribution in [0.1, 0.15) is 92.9 Å². The predicted octanol–water partition coefficient (Wildman–Crippen LogP) is 9.58. The molecule has 0 spiro atoms. The smallest absolute Gasteiger partial charge is 0.138 e. The summed E-state index contributed by atoms with van der Waals surface area (Å²) in [7, 11) is 0. The number of rotatable bonds is 16. The summed E-state index contributed by atoms with van der Waals surface area (Å²) in [5, 5.41) is 3.59. The Hall–Kier alpha value is -1.80. The van der Waals surface area contributed by atoms with Crippen molar-refractivity contribution in [2.24, 2.45) is 11.8 Å². The van der Waals surface area contributed by atoms with Crippen LogP contribution in [0.4, 0.5) is 17.1 Å². The molecule has 0 aliphatic carbocycles. The summed E-state index contributed by atoms with van der Waals surface area (Å²) in [5.41, 5.74) is 4.06.